The second-order valence-electron chi connectivity index (χ2n) is 4.58. The second kappa shape index (κ2) is 5.58. The Balaban J connectivity index is 2.37. The minimum Gasteiger partial charge on any atom is -0.393 e. The molecule has 5 nitrogen and oxygen atoms in total. The van der Waals surface area contributed by atoms with E-state index in [4.69, 9.17) is 0 Å². The van der Waals surface area contributed by atoms with E-state index >= 15 is 0 Å². The van der Waals surface area contributed by atoms with E-state index in [0.29, 0.717) is 12.2 Å². The first kappa shape index (κ1) is 14.4. The zero-order valence-corrected chi connectivity index (χ0v) is 12.3. The van der Waals surface area contributed by atoms with E-state index in [1.807, 2.05) is 0 Å². The third-order valence-electron chi connectivity index (χ3n) is 3.35. The van der Waals surface area contributed by atoms with Crippen LogP contribution >= 0.6 is 22.6 Å². The summed E-state index contributed by atoms with van der Waals surface area (Å²) < 4.78 is 13.5. The third kappa shape index (κ3) is 2.81. The van der Waals surface area contributed by atoms with Gasteiger partial charge in [-0.25, -0.2) is 4.39 Å². The highest BCUT2D eigenvalue weighted by molar-refractivity contribution is 14.1. The third-order valence-corrected chi connectivity index (χ3v) is 4.81. The van der Waals surface area contributed by atoms with Gasteiger partial charge in [0.15, 0.2) is 5.82 Å². The molecule has 0 saturated carbocycles. The highest BCUT2D eigenvalue weighted by Crippen LogP contribution is 2.39. The first-order chi connectivity index (χ1) is 8.98. The molecule has 1 heterocycles. The largest absolute Gasteiger partial charge is 0.393 e. The molecule has 0 radical (unpaired) electrons. The topological polar surface area (TPSA) is 66.6 Å². The number of piperidine rings is 1. The monoisotopic (exact) mass is 380 g/mol. The van der Waals surface area contributed by atoms with Crippen molar-refractivity contribution in [2.24, 2.45) is 0 Å². The molecule has 1 aliphatic heterocycles. The summed E-state index contributed by atoms with van der Waals surface area (Å²) >= 11 is 2.13. The summed E-state index contributed by atoms with van der Waals surface area (Å²) in [4.78, 5) is 11.8. The number of rotatable bonds is 3. The van der Waals surface area contributed by atoms with Gasteiger partial charge in [0.2, 0.25) is 0 Å². The molecule has 0 aromatic heterocycles. The van der Waals surface area contributed by atoms with E-state index in [2.05, 4.69) is 22.6 Å². The average Bonchev–Trinajstić information content (AvgIpc) is 2.39. The van der Waals surface area contributed by atoms with Crippen LogP contribution in [0.25, 0.3) is 0 Å². The van der Waals surface area contributed by atoms with Gasteiger partial charge in [0.1, 0.15) is 3.55 Å². The van der Waals surface area contributed by atoms with Crippen molar-refractivity contribution in [1.29, 1.82) is 0 Å². The smallest absolute Gasteiger partial charge is 0.272 e. The fourth-order valence-electron chi connectivity index (χ4n) is 2.33. The first-order valence-electron chi connectivity index (χ1n) is 5.99. The molecule has 7 heteroatoms. The van der Waals surface area contributed by atoms with E-state index in [1.165, 1.54) is 12.1 Å². The van der Waals surface area contributed by atoms with Gasteiger partial charge in [0.05, 0.1) is 23.3 Å². The highest BCUT2D eigenvalue weighted by atomic mass is 127. The van der Waals surface area contributed by atoms with E-state index in [0.717, 1.165) is 25.3 Å². The molecule has 1 aromatic carbocycles. The predicted molar refractivity (Wildman–Crippen MR) is 78.1 cm³/mol. The second-order valence-corrected chi connectivity index (χ2v) is 6.59. The number of alkyl halides is 1. The summed E-state index contributed by atoms with van der Waals surface area (Å²) in [6, 6.07) is 3.64. The molecule has 19 heavy (non-hydrogen) atoms. The van der Waals surface area contributed by atoms with Crippen molar-refractivity contribution in [2.45, 2.75) is 22.8 Å². The number of aliphatic hydroxyl groups is 1. The lowest BCUT2D eigenvalue weighted by Gasteiger charge is -2.43. The molecule has 0 spiro atoms. The molecule has 1 N–H and O–H groups in total. The van der Waals surface area contributed by atoms with Crippen molar-refractivity contribution in [3.63, 3.8) is 0 Å². The summed E-state index contributed by atoms with van der Waals surface area (Å²) in [6.07, 6.45) is 2.66. The average molecular weight is 380 g/mol. The van der Waals surface area contributed by atoms with Crippen molar-refractivity contribution in [2.75, 3.05) is 18.1 Å². The minimum absolute atomic E-state index is 0.0794. The minimum atomic E-state index is -0.620. The standard InChI is InChI=1S/C12H14FIN2O3/c13-10-7-9(16(18)19)3-4-11(10)15-6-2-1-5-12(15,14)8-17/h3-4,7,17H,1-2,5-6,8H2. The number of nitro benzene ring substituents is 1. The Hall–Kier alpha value is -0.960. The highest BCUT2D eigenvalue weighted by Gasteiger charge is 2.37. The lowest BCUT2D eigenvalue weighted by atomic mass is 10.0. The molecule has 1 fully saturated rings. The molecule has 1 aromatic rings. The lowest BCUT2D eigenvalue weighted by molar-refractivity contribution is -0.385. The summed E-state index contributed by atoms with van der Waals surface area (Å²) in [7, 11) is 0. The van der Waals surface area contributed by atoms with Crippen LogP contribution in [-0.4, -0.2) is 26.7 Å². The fraction of sp³-hybridized carbons (Fsp3) is 0.500. The van der Waals surface area contributed by atoms with E-state index in [-0.39, 0.29) is 12.3 Å². The van der Waals surface area contributed by atoms with Crippen molar-refractivity contribution in [3.8, 4) is 0 Å². The summed E-state index contributed by atoms with van der Waals surface area (Å²) in [6.45, 7) is 0.558. The fourth-order valence-corrected chi connectivity index (χ4v) is 3.21. The van der Waals surface area contributed by atoms with Gasteiger partial charge in [-0.2, -0.15) is 0 Å². The van der Waals surface area contributed by atoms with Crippen LogP contribution in [0.15, 0.2) is 18.2 Å². The quantitative estimate of drug-likeness (QED) is 0.288. The van der Waals surface area contributed by atoms with Gasteiger partial charge in [-0.05, 0) is 25.3 Å². The molecule has 2 rings (SSSR count). The van der Waals surface area contributed by atoms with Gasteiger partial charge in [-0.1, -0.05) is 22.6 Å². The Kier molecular flexibility index (Phi) is 4.24. The Morgan fingerprint density at radius 1 is 1.53 bits per heavy atom. The van der Waals surface area contributed by atoms with Crippen LogP contribution in [0, 0.1) is 15.9 Å². The number of aliphatic hydroxyl groups excluding tert-OH is 1. The van der Waals surface area contributed by atoms with Crippen LogP contribution in [0.5, 0.6) is 0 Å². The molecule has 0 bridgehead atoms. The molecule has 0 amide bonds. The predicted octanol–water partition coefficient (Wildman–Crippen LogP) is 2.85. The zero-order chi connectivity index (χ0) is 14.0. The molecule has 1 saturated heterocycles. The number of non-ortho nitro benzene ring substituents is 1. The number of nitro groups is 1. The Morgan fingerprint density at radius 2 is 2.26 bits per heavy atom. The van der Waals surface area contributed by atoms with Gasteiger partial charge >= 0.3 is 0 Å². The van der Waals surface area contributed by atoms with Crippen LogP contribution in [0.2, 0.25) is 0 Å². The van der Waals surface area contributed by atoms with Gasteiger partial charge < -0.3 is 10.0 Å². The molecule has 1 unspecified atom stereocenters. The van der Waals surface area contributed by atoms with Crippen molar-refractivity contribution in [3.05, 3.63) is 34.1 Å². The molecular weight excluding hydrogens is 366 g/mol. The summed E-state index contributed by atoms with van der Waals surface area (Å²) in [5.74, 6) is -0.620. The van der Waals surface area contributed by atoms with Gasteiger partial charge in [-0.15, -0.1) is 0 Å². The zero-order valence-electron chi connectivity index (χ0n) is 10.2. The van der Waals surface area contributed by atoms with Crippen LogP contribution in [-0.2, 0) is 0 Å². The molecule has 0 aliphatic carbocycles. The molecule has 1 aliphatic rings. The van der Waals surface area contributed by atoms with Crippen LogP contribution in [0.1, 0.15) is 19.3 Å². The Bertz CT molecular complexity index is 500. The Morgan fingerprint density at radius 3 is 2.84 bits per heavy atom. The van der Waals surface area contributed by atoms with Gasteiger partial charge in [0, 0.05) is 12.6 Å². The number of halogens is 2. The molecular formula is C12H14FIN2O3. The summed E-state index contributed by atoms with van der Waals surface area (Å²) in [5, 5.41) is 20.1. The molecule has 1 atom stereocenters. The molecule has 104 valence electrons. The van der Waals surface area contributed by atoms with Crippen LogP contribution < -0.4 is 4.90 Å². The first-order valence-corrected chi connectivity index (χ1v) is 7.07. The number of hydrogen-bond donors (Lipinski definition) is 1. The maximum absolute atomic E-state index is 14.0. The van der Waals surface area contributed by atoms with E-state index in [1.54, 1.807) is 4.90 Å². The van der Waals surface area contributed by atoms with Crippen molar-refractivity contribution in [1.82, 2.24) is 0 Å². The number of anilines is 1. The van der Waals surface area contributed by atoms with Gasteiger partial charge in [-0.3, -0.25) is 10.1 Å². The number of hydrogen-bond acceptors (Lipinski definition) is 4. The lowest BCUT2D eigenvalue weighted by Crippen LogP contribution is -2.50. The SMILES string of the molecule is O=[N+]([O-])c1ccc(N2CCCCC2(I)CO)c(F)c1. The maximum atomic E-state index is 14.0. The van der Waals surface area contributed by atoms with E-state index < -0.39 is 14.3 Å². The maximum Gasteiger partial charge on any atom is 0.272 e. The van der Waals surface area contributed by atoms with Crippen LogP contribution in [0.4, 0.5) is 15.8 Å². The Labute approximate surface area is 123 Å². The number of nitrogens with zero attached hydrogens (tertiary/aromatic N) is 2. The van der Waals surface area contributed by atoms with Crippen molar-refractivity contribution >= 4 is 34.0 Å². The number of benzene rings is 1. The normalized spacial score (nSPS) is 23.4. The summed E-state index contributed by atoms with van der Waals surface area (Å²) in [5.41, 5.74) is 0.0510. The van der Waals surface area contributed by atoms with Crippen LogP contribution in [0.3, 0.4) is 0 Å². The van der Waals surface area contributed by atoms with Gasteiger partial charge in [0.25, 0.3) is 5.69 Å². The van der Waals surface area contributed by atoms with E-state index in [9.17, 15) is 19.6 Å². The van der Waals surface area contributed by atoms with Crippen molar-refractivity contribution < 1.29 is 14.4 Å².